The van der Waals surface area contributed by atoms with Gasteiger partial charge in [-0.25, -0.2) is 9.07 Å². The average molecular weight is 393 g/mol. The van der Waals surface area contributed by atoms with Gasteiger partial charge in [-0.15, -0.1) is 11.3 Å². The third kappa shape index (κ3) is 2.71. The fourth-order valence-electron chi connectivity index (χ4n) is 4.50. The summed E-state index contributed by atoms with van der Waals surface area (Å²) in [6.45, 7) is 2.24. The molecular weight excluding hydrogens is 373 g/mol. The van der Waals surface area contributed by atoms with Gasteiger partial charge >= 0.3 is 0 Å². The zero-order valence-corrected chi connectivity index (χ0v) is 16.3. The lowest BCUT2D eigenvalue weighted by Gasteiger charge is -2.36. The van der Waals surface area contributed by atoms with Crippen molar-refractivity contribution in [1.29, 1.82) is 0 Å². The van der Waals surface area contributed by atoms with Crippen molar-refractivity contribution < 1.29 is 9.18 Å². The number of aromatic nitrogens is 2. The standard InChI is InChI=1S/C22H20FN3OS/c1-22-12-14-13-24-26(17-7-5-16(23)6-8-17)18(14)11-15(22)4-9-20(22)25-21(27)19-3-2-10-28-19/h2-3,5-8,10-11,13,20H,4,9,12H2,1H3,(H,25,27)/t20-,22-/m0/s1. The number of nitrogens with zero attached hydrogens (tertiary/aromatic N) is 2. The summed E-state index contributed by atoms with van der Waals surface area (Å²) in [5.74, 6) is -0.244. The minimum atomic E-state index is -0.254. The Labute approximate surface area is 166 Å². The molecule has 0 saturated heterocycles. The number of hydrogen-bond donors (Lipinski definition) is 1. The van der Waals surface area contributed by atoms with Crippen LogP contribution in [0.5, 0.6) is 0 Å². The highest BCUT2D eigenvalue weighted by atomic mass is 32.1. The number of fused-ring (bicyclic) bond motifs is 2. The normalized spacial score (nSPS) is 23.1. The molecule has 0 aliphatic heterocycles. The van der Waals surface area contributed by atoms with E-state index in [0.29, 0.717) is 0 Å². The van der Waals surface area contributed by atoms with E-state index >= 15 is 0 Å². The summed E-state index contributed by atoms with van der Waals surface area (Å²) in [5, 5.41) is 9.73. The van der Waals surface area contributed by atoms with Crippen molar-refractivity contribution in [2.75, 3.05) is 0 Å². The van der Waals surface area contributed by atoms with Crippen LogP contribution in [0.1, 0.15) is 40.7 Å². The Morgan fingerprint density at radius 1 is 1.32 bits per heavy atom. The van der Waals surface area contributed by atoms with Crippen molar-refractivity contribution in [3.05, 3.63) is 75.5 Å². The van der Waals surface area contributed by atoms with E-state index in [1.807, 2.05) is 28.4 Å². The van der Waals surface area contributed by atoms with Crippen LogP contribution >= 0.6 is 11.3 Å². The van der Waals surface area contributed by atoms with E-state index in [9.17, 15) is 9.18 Å². The summed E-state index contributed by atoms with van der Waals surface area (Å²) in [4.78, 5) is 13.3. The monoisotopic (exact) mass is 393 g/mol. The maximum absolute atomic E-state index is 13.3. The van der Waals surface area contributed by atoms with Gasteiger partial charge in [-0.1, -0.05) is 18.6 Å². The van der Waals surface area contributed by atoms with Crippen LogP contribution in [0.2, 0.25) is 0 Å². The SMILES string of the molecule is C[C@]12Cc3cnn(-c4ccc(F)cc4)c3C=C1CC[C@@H]2NC(=O)c1cccs1. The number of carbonyl (C=O) groups is 1. The van der Waals surface area contributed by atoms with E-state index in [0.717, 1.165) is 41.1 Å². The van der Waals surface area contributed by atoms with Gasteiger partial charge in [0.05, 0.1) is 22.5 Å². The Kier molecular flexibility index (Phi) is 3.98. The van der Waals surface area contributed by atoms with E-state index in [1.165, 1.54) is 29.0 Å². The van der Waals surface area contributed by atoms with Crippen LogP contribution in [0.15, 0.2) is 53.5 Å². The van der Waals surface area contributed by atoms with Crippen LogP contribution in [0.3, 0.4) is 0 Å². The summed E-state index contributed by atoms with van der Waals surface area (Å²) in [5.41, 5.74) is 4.32. The first-order valence-electron chi connectivity index (χ1n) is 9.43. The highest BCUT2D eigenvalue weighted by Gasteiger charge is 2.46. The van der Waals surface area contributed by atoms with E-state index in [-0.39, 0.29) is 23.2 Å². The molecule has 1 amide bonds. The lowest BCUT2D eigenvalue weighted by Crippen LogP contribution is -2.45. The van der Waals surface area contributed by atoms with Gasteiger partial charge in [0.2, 0.25) is 0 Å². The van der Waals surface area contributed by atoms with Gasteiger partial charge in [-0.3, -0.25) is 4.79 Å². The Balaban J connectivity index is 1.45. The number of hydrogen-bond acceptors (Lipinski definition) is 3. The molecule has 1 saturated carbocycles. The van der Waals surface area contributed by atoms with Crippen LogP contribution in [0.25, 0.3) is 11.8 Å². The second-order valence-electron chi connectivity index (χ2n) is 7.75. The Hall–Kier alpha value is -2.73. The molecule has 4 nitrogen and oxygen atoms in total. The zero-order chi connectivity index (χ0) is 19.3. The third-order valence-electron chi connectivity index (χ3n) is 6.08. The number of benzene rings is 1. The molecular formula is C22H20FN3OS. The predicted molar refractivity (Wildman–Crippen MR) is 108 cm³/mol. The highest BCUT2D eigenvalue weighted by Crippen LogP contribution is 2.49. The van der Waals surface area contributed by atoms with Crippen molar-refractivity contribution >= 4 is 23.3 Å². The molecule has 2 aliphatic rings. The number of carbonyl (C=O) groups excluding carboxylic acids is 1. The summed E-state index contributed by atoms with van der Waals surface area (Å²) < 4.78 is 15.1. The molecule has 6 heteroatoms. The molecule has 1 aromatic carbocycles. The first-order valence-corrected chi connectivity index (χ1v) is 10.3. The van der Waals surface area contributed by atoms with Gasteiger partial charge in [-0.2, -0.15) is 5.10 Å². The Bertz CT molecular complexity index is 1070. The van der Waals surface area contributed by atoms with Crippen LogP contribution in [0, 0.1) is 11.2 Å². The maximum atomic E-state index is 13.3. The molecule has 28 heavy (non-hydrogen) atoms. The molecule has 3 aromatic rings. The number of nitrogens with one attached hydrogen (secondary N) is 1. The third-order valence-corrected chi connectivity index (χ3v) is 6.95. The van der Waals surface area contributed by atoms with Crippen LogP contribution in [-0.4, -0.2) is 21.7 Å². The van der Waals surface area contributed by atoms with Crippen molar-refractivity contribution in [2.24, 2.45) is 5.41 Å². The second kappa shape index (κ2) is 6.41. The van der Waals surface area contributed by atoms with E-state index in [1.54, 1.807) is 12.1 Å². The van der Waals surface area contributed by atoms with Gasteiger partial charge in [0, 0.05) is 11.5 Å². The van der Waals surface area contributed by atoms with Gasteiger partial charge in [0.1, 0.15) is 5.82 Å². The maximum Gasteiger partial charge on any atom is 0.261 e. The molecule has 0 spiro atoms. The Morgan fingerprint density at radius 2 is 2.14 bits per heavy atom. The molecule has 2 atom stereocenters. The zero-order valence-electron chi connectivity index (χ0n) is 15.5. The second-order valence-corrected chi connectivity index (χ2v) is 8.70. The quantitative estimate of drug-likeness (QED) is 0.706. The molecule has 1 fully saturated rings. The number of rotatable bonds is 3. The van der Waals surface area contributed by atoms with Crippen molar-refractivity contribution in [1.82, 2.24) is 15.1 Å². The fourth-order valence-corrected chi connectivity index (χ4v) is 5.13. The number of halogens is 1. The fraction of sp³-hybridized carbons (Fsp3) is 0.273. The summed E-state index contributed by atoms with van der Waals surface area (Å²) in [6.07, 6.45) is 6.85. The average Bonchev–Trinajstić information content (AvgIpc) is 3.40. The van der Waals surface area contributed by atoms with Gasteiger partial charge in [0.25, 0.3) is 5.91 Å². The van der Waals surface area contributed by atoms with Gasteiger partial charge in [-0.05, 0) is 66.6 Å². The molecule has 1 N–H and O–H groups in total. The lowest BCUT2D eigenvalue weighted by molar-refractivity contribution is 0.0916. The Morgan fingerprint density at radius 3 is 2.89 bits per heavy atom. The summed E-state index contributed by atoms with van der Waals surface area (Å²) in [7, 11) is 0. The molecule has 0 unspecified atom stereocenters. The summed E-state index contributed by atoms with van der Waals surface area (Å²) in [6, 6.07) is 10.3. The van der Waals surface area contributed by atoms with Gasteiger partial charge < -0.3 is 5.32 Å². The number of thiophene rings is 1. The smallest absolute Gasteiger partial charge is 0.261 e. The van der Waals surface area contributed by atoms with Crippen molar-refractivity contribution in [3.63, 3.8) is 0 Å². The molecule has 2 heterocycles. The predicted octanol–water partition coefficient (Wildman–Crippen LogP) is 4.61. The molecule has 5 rings (SSSR count). The van der Waals surface area contributed by atoms with Crippen molar-refractivity contribution in [3.8, 4) is 5.69 Å². The van der Waals surface area contributed by atoms with Crippen LogP contribution in [0.4, 0.5) is 4.39 Å². The van der Waals surface area contributed by atoms with E-state index in [2.05, 4.69) is 23.4 Å². The molecule has 0 bridgehead atoms. The summed E-state index contributed by atoms with van der Waals surface area (Å²) >= 11 is 1.47. The first-order chi connectivity index (χ1) is 13.5. The van der Waals surface area contributed by atoms with Crippen molar-refractivity contribution in [2.45, 2.75) is 32.2 Å². The molecule has 142 valence electrons. The van der Waals surface area contributed by atoms with Crippen LogP contribution < -0.4 is 5.32 Å². The van der Waals surface area contributed by atoms with E-state index < -0.39 is 0 Å². The van der Waals surface area contributed by atoms with E-state index in [4.69, 9.17) is 0 Å². The number of amides is 1. The minimum Gasteiger partial charge on any atom is -0.348 e. The van der Waals surface area contributed by atoms with Gasteiger partial charge in [0.15, 0.2) is 0 Å². The lowest BCUT2D eigenvalue weighted by atomic mass is 9.73. The molecule has 2 aliphatic carbocycles. The molecule has 2 aromatic heterocycles. The van der Waals surface area contributed by atoms with Crippen LogP contribution in [-0.2, 0) is 6.42 Å². The minimum absolute atomic E-state index is 0.00952. The largest absolute Gasteiger partial charge is 0.348 e. The first kappa shape index (κ1) is 17.4. The topological polar surface area (TPSA) is 46.9 Å². The highest BCUT2D eigenvalue weighted by molar-refractivity contribution is 7.12. The molecule has 0 radical (unpaired) electrons.